The quantitative estimate of drug-likeness (QED) is 0.315. The van der Waals surface area contributed by atoms with Gasteiger partial charge in [0.1, 0.15) is 6.61 Å². The number of isocyanates is 1. The number of nitrogens with two attached hydrogens (primary N) is 1. The summed E-state index contributed by atoms with van der Waals surface area (Å²) in [7, 11) is 0. The molecule has 0 radical (unpaired) electrons. The second-order valence-electron chi connectivity index (χ2n) is 1.14. The first-order chi connectivity index (χ1) is 4.27. The number of hydrogen-bond acceptors (Lipinski definition) is 4. The molecular weight excluding hydrogens is 124 g/mol. The molecule has 50 valence electrons. The number of nitrogens with zero attached hydrogens (tertiary/aromatic N) is 1. The van der Waals surface area contributed by atoms with Gasteiger partial charge in [-0.25, -0.2) is 14.6 Å². The number of hydrogen-bond donors (Lipinski definition) is 1. The molecule has 9 heavy (non-hydrogen) atoms. The van der Waals surface area contributed by atoms with Crippen LogP contribution >= 0.6 is 0 Å². The second-order valence-corrected chi connectivity index (χ2v) is 1.14. The lowest BCUT2D eigenvalue weighted by atomic mass is 10.7. The zero-order chi connectivity index (χ0) is 7.11. The first-order valence-electron chi connectivity index (χ1n) is 2.23. The Morgan fingerprint density at radius 2 is 2.44 bits per heavy atom. The van der Waals surface area contributed by atoms with E-state index in [1.807, 2.05) is 0 Å². The van der Waals surface area contributed by atoms with Gasteiger partial charge < -0.3 is 10.5 Å². The summed E-state index contributed by atoms with van der Waals surface area (Å²) in [5, 5.41) is 0. The summed E-state index contributed by atoms with van der Waals surface area (Å²) in [6, 6.07) is 0. The third kappa shape index (κ3) is 6.65. The molecule has 1 amide bonds. The van der Waals surface area contributed by atoms with E-state index in [9.17, 15) is 9.59 Å². The number of amides is 1. The highest BCUT2D eigenvalue weighted by Crippen LogP contribution is 1.72. The molecule has 0 unspecified atom stereocenters. The molecule has 2 N–H and O–H groups in total. The van der Waals surface area contributed by atoms with Crippen molar-refractivity contribution in [2.75, 3.05) is 13.2 Å². The predicted molar refractivity (Wildman–Crippen MR) is 28.5 cm³/mol. The second kappa shape index (κ2) is 4.80. The summed E-state index contributed by atoms with van der Waals surface area (Å²) >= 11 is 0. The largest absolute Gasteiger partial charge is 0.448 e. The van der Waals surface area contributed by atoms with E-state index in [1.54, 1.807) is 0 Å². The van der Waals surface area contributed by atoms with Gasteiger partial charge in [0.2, 0.25) is 6.08 Å². The Morgan fingerprint density at radius 3 is 2.89 bits per heavy atom. The number of aliphatic imine (C=N–C) groups is 1. The standard InChI is InChI=1S/C4H6N2O3/c5-4(8)9-2-1-6-3-7/h1-2H2,(H2,5,8). The summed E-state index contributed by atoms with van der Waals surface area (Å²) < 4.78 is 4.21. The van der Waals surface area contributed by atoms with Crippen molar-refractivity contribution in [2.24, 2.45) is 10.7 Å². The SMILES string of the molecule is NC(=O)OCCN=C=O. The Bertz CT molecular complexity index is 137. The van der Waals surface area contributed by atoms with E-state index >= 15 is 0 Å². The lowest BCUT2D eigenvalue weighted by molar-refractivity contribution is 0.160. The first-order valence-corrected chi connectivity index (χ1v) is 2.23. The number of ether oxygens (including phenoxy) is 1. The van der Waals surface area contributed by atoms with Gasteiger partial charge in [-0.3, -0.25) is 0 Å². The normalized spacial score (nSPS) is 7.56. The van der Waals surface area contributed by atoms with E-state index in [4.69, 9.17) is 0 Å². The van der Waals surface area contributed by atoms with Crippen LogP contribution in [0.15, 0.2) is 4.99 Å². The van der Waals surface area contributed by atoms with Gasteiger partial charge in [-0.1, -0.05) is 0 Å². The highest BCUT2D eigenvalue weighted by molar-refractivity contribution is 5.64. The van der Waals surface area contributed by atoms with Crippen LogP contribution in [0.1, 0.15) is 0 Å². The molecule has 0 saturated heterocycles. The third-order valence-corrected chi connectivity index (χ3v) is 0.512. The van der Waals surface area contributed by atoms with Crippen LogP contribution in [0.25, 0.3) is 0 Å². The molecular formula is C4H6N2O3. The van der Waals surface area contributed by atoms with E-state index in [-0.39, 0.29) is 13.2 Å². The minimum atomic E-state index is -0.865. The maximum atomic E-state index is 9.82. The zero-order valence-electron chi connectivity index (χ0n) is 4.66. The molecule has 5 nitrogen and oxygen atoms in total. The van der Waals surface area contributed by atoms with Gasteiger partial charge >= 0.3 is 6.09 Å². The van der Waals surface area contributed by atoms with Crippen LogP contribution in [0.4, 0.5) is 4.79 Å². The summed E-state index contributed by atoms with van der Waals surface area (Å²) in [5.74, 6) is 0. The van der Waals surface area contributed by atoms with Gasteiger partial charge in [0.05, 0.1) is 6.54 Å². The van der Waals surface area contributed by atoms with Gasteiger partial charge in [0, 0.05) is 0 Å². The first kappa shape index (κ1) is 7.65. The minimum absolute atomic E-state index is 0.0323. The molecule has 0 aromatic rings. The molecule has 0 fully saturated rings. The van der Waals surface area contributed by atoms with Crippen LogP contribution in [-0.4, -0.2) is 25.3 Å². The van der Waals surface area contributed by atoms with Crippen molar-refractivity contribution in [3.8, 4) is 0 Å². The van der Waals surface area contributed by atoms with Crippen LogP contribution in [0.5, 0.6) is 0 Å². The highest BCUT2D eigenvalue weighted by Gasteiger charge is 1.88. The highest BCUT2D eigenvalue weighted by atomic mass is 16.5. The van der Waals surface area contributed by atoms with Crippen molar-refractivity contribution < 1.29 is 14.3 Å². The lowest BCUT2D eigenvalue weighted by Crippen LogP contribution is -2.14. The van der Waals surface area contributed by atoms with E-state index in [0.717, 1.165) is 0 Å². The van der Waals surface area contributed by atoms with Crippen LogP contribution in [0.3, 0.4) is 0 Å². The van der Waals surface area contributed by atoms with Crippen molar-refractivity contribution in [1.29, 1.82) is 0 Å². The van der Waals surface area contributed by atoms with Crippen LogP contribution < -0.4 is 5.73 Å². The average Bonchev–Trinajstić information content (AvgIpc) is 1.80. The van der Waals surface area contributed by atoms with Gasteiger partial charge in [0.15, 0.2) is 0 Å². The zero-order valence-corrected chi connectivity index (χ0v) is 4.66. The number of carbonyl (C=O) groups excluding carboxylic acids is 2. The van der Waals surface area contributed by atoms with E-state index in [2.05, 4.69) is 15.5 Å². The van der Waals surface area contributed by atoms with E-state index in [0.29, 0.717) is 0 Å². The molecule has 0 bridgehead atoms. The average molecular weight is 130 g/mol. The Kier molecular flexibility index (Phi) is 4.08. The van der Waals surface area contributed by atoms with Crippen molar-refractivity contribution in [3.05, 3.63) is 0 Å². The summed E-state index contributed by atoms with van der Waals surface area (Å²) in [5.41, 5.74) is 4.57. The van der Waals surface area contributed by atoms with Crippen LogP contribution in [0.2, 0.25) is 0 Å². The van der Waals surface area contributed by atoms with E-state index < -0.39 is 6.09 Å². The Balaban J connectivity index is 3.10. The molecule has 0 aliphatic heterocycles. The minimum Gasteiger partial charge on any atom is -0.448 e. The monoisotopic (exact) mass is 130 g/mol. The number of primary amides is 1. The topological polar surface area (TPSA) is 81.8 Å². The van der Waals surface area contributed by atoms with Crippen molar-refractivity contribution in [2.45, 2.75) is 0 Å². The molecule has 0 atom stereocenters. The molecule has 0 aliphatic carbocycles. The lowest BCUT2D eigenvalue weighted by Gasteiger charge is -1.93. The molecule has 0 spiro atoms. The number of rotatable bonds is 3. The Morgan fingerprint density at radius 1 is 1.78 bits per heavy atom. The van der Waals surface area contributed by atoms with Gasteiger partial charge in [-0.05, 0) is 0 Å². The fourth-order valence-electron chi connectivity index (χ4n) is 0.238. The molecule has 0 aliphatic rings. The fraction of sp³-hybridized carbons (Fsp3) is 0.500. The molecule has 5 heteroatoms. The van der Waals surface area contributed by atoms with Gasteiger partial charge in [-0.15, -0.1) is 0 Å². The van der Waals surface area contributed by atoms with E-state index in [1.165, 1.54) is 6.08 Å². The van der Waals surface area contributed by atoms with Crippen LogP contribution in [-0.2, 0) is 9.53 Å². The van der Waals surface area contributed by atoms with Gasteiger partial charge in [-0.2, -0.15) is 0 Å². The van der Waals surface area contributed by atoms with Crippen molar-refractivity contribution in [3.63, 3.8) is 0 Å². The van der Waals surface area contributed by atoms with Crippen molar-refractivity contribution >= 4 is 12.2 Å². The summed E-state index contributed by atoms with van der Waals surface area (Å²) in [6.45, 7) is 0.150. The Hall–Kier alpha value is -1.35. The molecule has 0 aromatic heterocycles. The molecule has 0 saturated carbocycles. The number of carbonyl (C=O) groups is 1. The maximum absolute atomic E-state index is 9.82. The van der Waals surface area contributed by atoms with Gasteiger partial charge in [0.25, 0.3) is 0 Å². The third-order valence-electron chi connectivity index (χ3n) is 0.512. The fourth-order valence-corrected chi connectivity index (χ4v) is 0.238. The molecule has 0 aromatic carbocycles. The maximum Gasteiger partial charge on any atom is 0.404 e. The summed E-state index contributed by atoms with van der Waals surface area (Å²) in [6.07, 6.45) is 0.420. The predicted octanol–water partition coefficient (Wildman–Crippen LogP) is -0.583. The Labute approximate surface area is 51.5 Å². The smallest absolute Gasteiger partial charge is 0.404 e. The van der Waals surface area contributed by atoms with Crippen LogP contribution in [0, 0.1) is 0 Å². The summed E-state index contributed by atoms with van der Waals surface area (Å²) in [4.78, 5) is 22.3. The molecule has 0 heterocycles. The molecule has 0 rings (SSSR count). The van der Waals surface area contributed by atoms with Crippen molar-refractivity contribution in [1.82, 2.24) is 0 Å².